The van der Waals surface area contributed by atoms with E-state index in [1.54, 1.807) is 0 Å². The maximum absolute atomic E-state index is 5.23. The van der Waals surface area contributed by atoms with Crippen molar-refractivity contribution in [2.24, 2.45) is 10.5 Å². The van der Waals surface area contributed by atoms with Crippen LogP contribution < -0.4 is 5.01 Å². The maximum atomic E-state index is 5.23. The minimum atomic E-state index is -0.0119. The number of para-hydroxylation sites is 1. The largest absolute Gasteiger partial charge is 0.257 e. The Kier molecular flexibility index (Phi) is 6.30. The molecule has 0 N–H and O–H groups in total. The van der Waals surface area contributed by atoms with Crippen LogP contribution >= 0.6 is 0 Å². The van der Waals surface area contributed by atoms with Gasteiger partial charge in [-0.25, -0.2) is 0 Å². The summed E-state index contributed by atoms with van der Waals surface area (Å²) in [6.07, 6.45) is 3.20. The lowest BCUT2D eigenvalue weighted by atomic mass is 9.80. The number of benzene rings is 3. The molecule has 1 unspecified atom stereocenters. The minimum absolute atomic E-state index is 0.0119. The smallest absolute Gasteiger partial charge is 0.0831 e. The van der Waals surface area contributed by atoms with E-state index in [4.69, 9.17) is 5.10 Å². The van der Waals surface area contributed by atoms with Crippen LogP contribution in [-0.2, 0) is 5.41 Å². The second-order valence-electron chi connectivity index (χ2n) is 11.0. The maximum Gasteiger partial charge on any atom is 0.0831 e. The molecular formula is C31H36N2. The molecule has 4 rings (SSSR count). The molecule has 0 bridgehead atoms. The Balaban J connectivity index is 1.76. The van der Waals surface area contributed by atoms with Gasteiger partial charge in [0.25, 0.3) is 0 Å². The first kappa shape index (κ1) is 23.0. The molecule has 0 saturated heterocycles. The average molecular weight is 437 g/mol. The molecule has 0 radical (unpaired) electrons. The number of nitrogens with zero attached hydrogens (tertiary/aromatic N) is 2. The van der Waals surface area contributed by atoms with Gasteiger partial charge in [0.1, 0.15) is 0 Å². The Morgan fingerprint density at radius 2 is 1.36 bits per heavy atom. The highest BCUT2D eigenvalue weighted by Crippen LogP contribution is 2.41. The van der Waals surface area contributed by atoms with Crippen molar-refractivity contribution in [1.29, 1.82) is 0 Å². The number of hydrogen-bond acceptors (Lipinski definition) is 2. The van der Waals surface area contributed by atoms with Crippen molar-refractivity contribution in [3.8, 4) is 0 Å². The Bertz CT molecular complexity index is 1130. The third-order valence-electron chi connectivity index (χ3n) is 6.32. The quantitative estimate of drug-likeness (QED) is 0.401. The second kappa shape index (κ2) is 9.02. The third kappa shape index (κ3) is 5.27. The van der Waals surface area contributed by atoms with Crippen molar-refractivity contribution in [3.05, 3.63) is 107 Å². The molecule has 170 valence electrons. The van der Waals surface area contributed by atoms with Crippen LogP contribution in [0.5, 0.6) is 0 Å². The molecule has 1 aliphatic rings. The van der Waals surface area contributed by atoms with Crippen LogP contribution in [0.15, 0.2) is 95.6 Å². The van der Waals surface area contributed by atoms with Gasteiger partial charge in [0.2, 0.25) is 0 Å². The highest BCUT2D eigenvalue weighted by atomic mass is 15.5. The van der Waals surface area contributed by atoms with Crippen LogP contribution in [0.2, 0.25) is 0 Å². The van der Waals surface area contributed by atoms with Crippen LogP contribution in [0, 0.1) is 5.41 Å². The summed E-state index contributed by atoms with van der Waals surface area (Å²) >= 11 is 0. The van der Waals surface area contributed by atoms with Gasteiger partial charge < -0.3 is 0 Å². The normalized spacial score (nSPS) is 17.3. The zero-order valence-electron chi connectivity index (χ0n) is 20.8. The summed E-state index contributed by atoms with van der Waals surface area (Å²) in [5, 5.41) is 7.45. The van der Waals surface area contributed by atoms with Crippen LogP contribution in [-0.4, -0.2) is 5.71 Å². The Morgan fingerprint density at radius 3 is 1.91 bits per heavy atom. The summed E-state index contributed by atoms with van der Waals surface area (Å²) in [5.74, 6) is 0. The van der Waals surface area contributed by atoms with Crippen LogP contribution in [0.25, 0.3) is 6.08 Å². The molecule has 0 aromatic heterocycles. The van der Waals surface area contributed by atoms with E-state index < -0.39 is 0 Å². The minimum Gasteiger partial charge on any atom is -0.257 e. The summed E-state index contributed by atoms with van der Waals surface area (Å²) in [6, 6.07) is 30.5. The molecule has 0 aliphatic carbocycles. The average Bonchev–Trinajstić information content (AvgIpc) is 3.22. The lowest BCUT2D eigenvalue weighted by Crippen LogP contribution is -2.19. The molecule has 33 heavy (non-hydrogen) atoms. The first-order valence-electron chi connectivity index (χ1n) is 11.9. The Labute approximate surface area is 199 Å². The van der Waals surface area contributed by atoms with Crippen molar-refractivity contribution in [3.63, 3.8) is 0 Å². The molecular weight excluding hydrogens is 400 g/mol. The van der Waals surface area contributed by atoms with Gasteiger partial charge in [-0.15, -0.1) is 0 Å². The standard InChI is InChI=1S/C31H36N2/c1-30(2,3)25-19-17-24(18-20-25)29-22-28(32-33(29)26-15-11-8-12-16-26)27(31(4,5)6)21-23-13-9-7-10-14-23/h7-21,29H,22H2,1-6H3. The lowest BCUT2D eigenvalue weighted by Gasteiger charge is -2.25. The number of rotatable bonds is 4. The predicted octanol–water partition coefficient (Wildman–Crippen LogP) is 8.42. The molecule has 1 atom stereocenters. The summed E-state index contributed by atoms with van der Waals surface area (Å²) in [4.78, 5) is 0. The monoisotopic (exact) mass is 436 g/mol. The van der Waals surface area contributed by atoms with E-state index in [9.17, 15) is 0 Å². The summed E-state index contributed by atoms with van der Waals surface area (Å²) < 4.78 is 0. The molecule has 2 heteroatoms. The molecule has 0 spiro atoms. The Morgan fingerprint density at radius 1 is 0.788 bits per heavy atom. The van der Waals surface area contributed by atoms with E-state index in [-0.39, 0.29) is 16.9 Å². The zero-order chi connectivity index (χ0) is 23.6. The van der Waals surface area contributed by atoms with Crippen LogP contribution in [0.3, 0.4) is 0 Å². The van der Waals surface area contributed by atoms with Gasteiger partial charge in [-0.1, -0.05) is 114 Å². The van der Waals surface area contributed by atoms with Gasteiger partial charge in [-0.3, -0.25) is 5.01 Å². The van der Waals surface area contributed by atoms with Crippen molar-refractivity contribution >= 4 is 17.5 Å². The predicted molar refractivity (Wildman–Crippen MR) is 143 cm³/mol. The molecule has 2 nitrogen and oxygen atoms in total. The fraction of sp³-hybridized carbons (Fsp3) is 0.323. The van der Waals surface area contributed by atoms with Crippen molar-refractivity contribution in [1.82, 2.24) is 0 Å². The van der Waals surface area contributed by atoms with E-state index in [1.807, 2.05) is 0 Å². The molecule has 0 saturated carbocycles. The SMILES string of the molecule is CC(C)(C)C(=Cc1ccccc1)C1=NN(c2ccccc2)C(c2ccc(C(C)(C)C)cc2)C1. The van der Waals surface area contributed by atoms with E-state index >= 15 is 0 Å². The van der Waals surface area contributed by atoms with Crippen LogP contribution in [0.1, 0.15) is 70.7 Å². The first-order valence-corrected chi connectivity index (χ1v) is 11.9. The molecule has 0 amide bonds. The lowest BCUT2D eigenvalue weighted by molar-refractivity contribution is 0.526. The Hall–Kier alpha value is -3.13. The fourth-order valence-corrected chi connectivity index (χ4v) is 4.41. The number of hydrazone groups is 1. The zero-order valence-corrected chi connectivity index (χ0v) is 20.8. The van der Waals surface area contributed by atoms with Gasteiger partial charge in [0.15, 0.2) is 0 Å². The molecule has 3 aromatic carbocycles. The molecule has 1 aliphatic heterocycles. The number of allylic oxidation sites excluding steroid dienone is 1. The highest BCUT2D eigenvalue weighted by molar-refractivity contribution is 6.07. The van der Waals surface area contributed by atoms with Gasteiger partial charge in [0, 0.05) is 6.42 Å². The van der Waals surface area contributed by atoms with Crippen molar-refractivity contribution in [2.75, 3.05) is 5.01 Å². The molecule has 0 fully saturated rings. The summed E-state index contributed by atoms with van der Waals surface area (Å²) in [7, 11) is 0. The number of anilines is 1. The van der Waals surface area contributed by atoms with Crippen molar-refractivity contribution < 1.29 is 0 Å². The van der Waals surface area contributed by atoms with Gasteiger partial charge in [-0.2, -0.15) is 5.10 Å². The van der Waals surface area contributed by atoms with E-state index in [1.165, 1.54) is 28.0 Å². The fourth-order valence-electron chi connectivity index (χ4n) is 4.41. The summed E-state index contributed by atoms with van der Waals surface area (Å²) in [6.45, 7) is 13.6. The van der Waals surface area contributed by atoms with E-state index in [2.05, 4.69) is 138 Å². The van der Waals surface area contributed by atoms with E-state index in [0.29, 0.717) is 0 Å². The first-order chi connectivity index (χ1) is 15.6. The molecule has 3 aromatic rings. The third-order valence-corrected chi connectivity index (χ3v) is 6.32. The van der Waals surface area contributed by atoms with Crippen molar-refractivity contribution in [2.45, 2.75) is 59.4 Å². The number of hydrogen-bond donors (Lipinski definition) is 0. The molecule has 1 heterocycles. The second-order valence-corrected chi connectivity index (χ2v) is 11.0. The summed E-state index contributed by atoms with van der Waals surface area (Å²) in [5.41, 5.74) is 7.60. The van der Waals surface area contributed by atoms with Crippen LogP contribution in [0.4, 0.5) is 5.69 Å². The van der Waals surface area contributed by atoms with Gasteiger partial charge in [0.05, 0.1) is 17.4 Å². The van der Waals surface area contributed by atoms with Gasteiger partial charge in [-0.05, 0) is 51.3 Å². The van der Waals surface area contributed by atoms with Gasteiger partial charge >= 0.3 is 0 Å². The highest BCUT2D eigenvalue weighted by Gasteiger charge is 2.34. The van der Waals surface area contributed by atoms with E-state index in [0.717, 1.165) is 12.1 Å². The topological polar surface area (TPSA) is 15.6 Å².